The van der Waals surface area contributed by atoms with E-state index in [9.17, 15) is 23.3 Å². The summed E-state index contributed by atoms with van der Waals surface area (Å²) in [5.74, 6) is -2.19. The van der Waals surface area contributed by atoms with Gasteiger partial charge in [0, 0.05) is 82.1 Å². The third-order valence-electron chi connectivity index (χ3n) is 8.65. The molecule has 2 fully saturated rings. The highest BCUT2D eigenvalue weighted by Crippen LogP contribution is 2.32. The summed E-state index contributed by atoms with van der Waals surface area (Å²) in [6.45, 7) is 6.67. The zero-order valence-corrected chi connectivity index (χ0v) is 25.2. The van der Waals surface area contributed by atoms with E-state index in [-0.39, 0.29) is 72.9 Å². The number of rotatable bonds is 6. The predicted molar refractivity (Wildman–Crippen MR) is 155 cm³/mol. The molecule has 3 amide bonds. The van der Waals surface area contributed by atoms with Crippen molar-refractivity contribution in [3.8, 4) is 0 Å². The molecule has 5 rings (SSSR count). The van der Waals surface area contributed by atoms with Crippen molar-refractivity contribution in [2.24, 2.45) is 0 Å². The van der Waals surface area contributed by atoms with Crippen molar-refractivity contribution < 1.29 is 28.0 Å². The van der Waals surface area contributed by atoms with Gasteiger partial charge in [-0.05, 0) is 33.1 Å². The number of carbonyl (C=O) groups is 3. The van der Waals surface area contributed by atoms with Crippen LogP contribution in [0.25, 0.3) is 0 Å². The highest BCUT2D eigenvalue weighted by atomic mass is 35.5. The zero-order valence-electron chi connectivity index (χ0n) is 24.5. The smallest absolute Gasteiger partial charge is 0.257 e. The van der Waals surface area contributed by atoms with Crippen molar-refractivity contribution in [1.82, 2.24) is 35.7 Å². The Morgan fingerprint density at radius 2 is 1.93 bits per heavy atom. The topological polar surface area (TPSA) is 122 Å². The van der Waals surface area contributed by atoms with Gasteiger partial charge in [0.25, 0.3) is 17.7 Å². The second-order valence-corrected chi connectivity index (χ2v) is 11.9. The SMILES string of the molecule is CC1NCCN(NC(=O)C2CCOC3CCCC(=C3C(=O)Nc3cc(F)cc(Cl)n3)C(=O)N2CN2CCN(F)CC2)C1C. The number of anilines is 1. The molecule has 0 spiro atoms. The summed E-state index contributed by atoms with van der Waals surface area (Å²) in [6, 6.07) is 1.34. The average molecular weight is 625 g/mol. The van der Waals surface area contributed by atoms with Crippen LogP contribution in [-0.2, 0) is 19.1 Å². The lowest BCUT2D eigenvalue weighted by Crippen LogP contribution is -2.64. The molecule has 4 aliphatic rings. The highest BCUT2D eigenvalue weighted by Gasteiger charge is 2.41. The van der Waals surface area contributed by atoms with Gasteiger partial charge in [-0.3, -0.25) is 24.7 Å². The first-order valence-corrected chi connectivity index (χ1v) is 15.2. The quantitative estimate of drug-likeness (QED) is 0.319. The zero-order chi connectivity index (χ0) is 30.7. The first kappa shape index (κ1) is 31.7. The molecule has 2 bridgehead atoms. The van der Waals surface area contributed by atoms with Crippen LogP contribution in [0.3, 0.4) is 0 Å². The molecule has 0 saturated carbocycles. The summed E-state index contributed by atoms with van der Waals surface area (Å²) in [5, 5.41) is 8.44. The number of piperazine rings is 2. The van der Waals surface area contributed by atoms with Crippen molar-refractivity contribution >= 4 is 35.1 Å². The molecule has 4 heterocycles. The number of fused-ring (bicyclic) bond motifs is 1. The fourth-order valence-corrected chi connectivity index (χ4v) is 6.26. The average Bonchev–Trinajstić information content (AvgIpc) is 2.99. The van der Waals surface area contributed by atoms with E-state index >= 15 is 0 Å². The number of ether oxygens (including phenoxy) is 1. The van der Waals surface area contributed by atoms with E-state index in [1.165, 1.54) is 4.90 Å². The molecule has 1 aromatic heterocycles. The van der Waals surface area contributed by atoms with Crippen LogP contribution in [0.2, 0.25) is 5.15 Å². The van der Waals surface area contributed by atoms with Crippen LogP contribution in [0.15, 0.2) is 23.3 Å². The van der Waals surface area contributed by atoms with Crippen LogP contribution in [0, 0.1) is 5.82 Å². The van der Waals surface area contributed by atoms with Crippen LogP contribution in [0.1, 0.15) is 39.5 Å². The van der Waals surface area contributed by atoms with Crippen LogP contribution >= 0.6 is 11.6 Å². The van der Waals surface area contributed by atoms with Gasteiger partial charge in [0.2, 0.25) is 0 Å². The van der Waals surface area contributed by atoms with Gasteiger partial charge in [0.1, 0.15) is 22.8 Å². The van der Waals surface area contributed by atoms with E-state index in [2.05, 4.69) is 21.0 Å². The van der Waals surface area contributed by atoms with Gasteiger partial charge in [-0.15, -0.1) is 9.60 Å². The minimum Gasteiger partial charge on any atom is -0.373 e. The lowest BCUT2D eigenvalue weighted by molar-refractivity contribution is -0.145. The summed E-state index contributed by atoms with van der Waals surface area (Å²) in [4.78, 5) is 49.3. The maximum absolute atomic E-state index is 14.4. The fraction of sp³-hybridized carbons (Fsp3) is 0.643. The van der Waals surface area contributed by atoms with Crippen molar-refractivity contribution in [1.29, 1.82) is 0 Å². The number of hydrogen-bond donors (Lipinski definition) is 3. The molecule has 4 atom stereocenters. The summed E-state index contributed by atoms with van der Waals surface area (Å²) >= 11 is 5.89. The van der Waals surface area contributed by atoms with Gasteiger partial charge in [-0.1, -0.05) is 11.6 Å². The number of amides is 3. The number of nitrogens with one attached hydrogen (secondary N) is 3. The van der Waals surface area contributed by atoms with Gasteiger partial charge < -0.3 is 20.3 Å². The fourth-order valence-electron chi connectivity index (χ4n) is 6.06. The van der Waals surface area contributed by atoms with Gasteiger partial charge in [0.15, 0.2) is 0 Å². The van der Waals surface area contributed by atoms with Crippen LogP contribution in [0.4, 0.5) is 14.7 Å². The highest BCUT2D eigenvalue weighted by molar-refractivity contribution is 6.29. The van der Waals surface area contributed by atoms with Crippen molar-refractivity contribution in [3.63, 3.8) is 0 Å². The molecule has 1 aromatic rings. The summed E-state index contributed by atoms with van der Waals surface area (Å²) in [5.41, 5.74) is 3.42. The number of nitrogens with zero attached hydrogens (tertiary/aromatic N) is 5. The Kier molecular flexibility index (Phi) is 10.2. The molecule has 236 valence electrons. The molecule has 0 radical (unpaired) electrons. The molecular formula is C28H39ClF2N8O4. The van der Waals surface area contributed by atoms with E-state index < -0.39 is 29.8 Å². The Labute approximate surface area is 254 Å². The number of hydrazine groups is 1. The summed E-state index contributed by atoms with van der Waals surface area (Å²) < 4.78 is 33.9. The van der Waals surface area contributed by atoms with Crippen LogP contribution in [-0.4, -0.2) is 119 Å². The number of hydrogen-bond acceptors (Lipinski definition) is 9. The van der Waals surface area contributed by atoms with Crippen LogP contribution in [0.5, 0.6) is 0 Å². The Bertz CT molecular complexity index is 1230. The second kappa shape index (κ2) is 13.9. The monoisotopic (exact) mass is 624 g/mol. The van der Waals surface area contributed by atoms with Crippen molar-refractivity contribution in [2.75, 3.05) is 57.9 Å². The standard InChI is InChI=1S/C28H39ClF2N8O4/c1-17-18(2)39(8-7-32-17)35-26(40)21-6-13-43-22-5-3-4-20(28(42)38(21)16-36-9-11-37(31)12-10-36)25(22)27(41)34-24-15-19(30)14-23(29)33-24/h14-15,17-18,21-22,32H,3-13,16H2,1-2H3,(H,35,40)(H,33,34,41). The summed E-state index contributed by atoms with van der Waals surface area (Å²) in [7, 11) is 0. The number of halogens is 3. The number of aromatic nitrogens is 1. The molecular weight excluding hydrogens is 586 g/mol. The number of pyridine rings is 1. The first-order chi connectivity index (χ1) is 20.6. The number of carbonyl (C=O) groups excluding carboxylic acids is 3. The maximum atomic E-state index is 14.4. The van der Waals surface area contributed by atoms with Gasteiger partial charge in [-0.2, -0.15) is 0 Å². The van der Waals surface area contributed by atoms with E-state index in [1.807, 2.05) is 23.8 Å². The van der Waals surface area contributed by atoms with E-state index in [1.54, 1.807) is 0 Å². The predicted octanol–water partition coefficient (Wildman–Crippen LogP) is 1.45. The summed E-state index contributed by atoms with van der Waals surface area (Å²) in [6.07, 6.45) is 0.922. The molecule has 3 aliphatic heterocycles. The molecule has 4 unspecified atom stereocenters. The Balaban J connectivity index is 1.46. The van der Waals surface area contributed by atoms with Gasteiger partial charge in [0.05, 0.1) is 18.3 Å². The third kappa shape index (κ3) is 7.49. The van der Waals surface area contributed by atoms with E-state index in [0.717, 1.165) is 17.3 Å². The molecule has 15 heteroatoms. The van der Waals surface area contributed by atoms with Crippen molar-refractivity contribution in [2.45, 2.75) is 63.8 Å². The molecule has 3 N–H and O–H groups in total. The molecule has 1 aliphatic carbocycles. The first-order valence-electron chi connectivity index (χ1n) is 14.8. The molecule has 0 aromatic carbocycles. The molecule has 12 nitrogen and oxygen atoms in total. The normalized spacial score (nSPS) is 28.2. The third-order valence-corrected chi connectivity index (χ3v) is 8.85. The largest absolute Gasteiger partial charge is 0.373 e. The molecule has 43 heavy (non-hydrogen) atoms. The Hall–Kier alpha value is -2.75. The minimum absolute atomic E-state index is 0.0224. The lowest BCUT2D eigenvalue weighted by Gasteiger charge is -2.41. The van der Waals surface area contributed by atoms with E-state index in [4.69, 9.17) is 16.3 Å². The minimum atomic E-state index is -0.895. The molecule has 2 saturated heterocycles. The van der Waals surface area contributed by atoms with Crippen LogP contribution < -0.4 is 16.1 Å². The maximum Gasteiger partial charge on any atom is 0.257 e. The lowest BCUT2D eigenvalue weighted by atomic mass is 9.87. The second-order valence-electron chi connectivity index (χ2n) is 11.5. The van der Waals surface area contributed by atoms with Gasteiger partial charge in [-0.25, -0.2) is 14.4 Å². The van der Waals surface area contributed by atoms with E-state index in [0.29, 0.717) is 45.4 Å². The Morgan fingerprint density at radius 3 is 2.67 bits per heavy atom. The van der Waals surface area contributed by atoms with Gasteiger partial charge >= 0.3 is 0 Å². The Morgan fingerprint density at radius 1 is 1.16 bits per heavy atom. The van der Waals surface area contributed by atoms with Crippen molar-refractivity contribution in [3.05, 3.63) is 34.2 Å².